The highest BCUT2D eigenvalue weighted by Crippen LogP contribution is 2.35. The number of anilines is 4. The molecule has 3 aromatic heterocycles. The molecule has 0 atom stereocenters. The van der Waals surface area contributed by atoms with E-state index in [1.165, 1.54) is 6.26 Å². The molecule has 5 rings (SSSR count). The average Bonchev–Trinajstić information content (AvgIpc) is 3.33. The Bertz CT molecular complexity index is 1660. The van der Waals surface area contributed by atoms with Crippen molar-refractivity contribution >= 4 is 60.8 Å². The summed E-state index contributed by atoms with van der Waals surface area (Å²) in [6.07, 6.45) is 1.21. The number of nitrogens with zero attached hydrogens (tertiary/aromatic N) is 5. The maximum Gasteiger partial charge on any atom is 0.177 e. The van der Waals surface area contributed by atoms with Gasteiger partial charge in [0.2, 0.25) is 0 Å². The molecule has 3 N–H and O–H groups in total. The van der Waals surface area contributed by atoms with E-state index in [2.05, 4.69) is 49.4 Å². The summed E-state index contributed by atoms with van der Waals surface area (Å²) in [6.45, 7) is 9.70. The van der Waals surface area contributed by atoms with Gasteiger partial charge in [-0.25, -0.2) is 28.4 Å². The van der Waals surface area contributed by atoms with Crippen LogP contribution in [0.3, 0.4) is 0 Å². The molecule has 0 radical (unpaired) electrons. The summed E-state index contributed by atoms with van der Waals surface area (Å²) in [6, 6.07) is 8.97. The molecule has 4 aromatic rings. The standard InChI is InChI=1S/C25H28N8O2S2/c1-13-9-20(27-14(2)26-13)31-21-11-18(22-23(32-21)29-15(3)28-22)30-17-8-7-16(10-19(17)37(6,34)35)24-33-25(4,5)12-36-24/h7-11H,12H2,1-6H3,(H3,26,27,28,29,30,31,32). The summed E-state index contributed by atoms with van der Waals surface area (Å²) in [5.74, 6) is 3.32. The van der Waals surface area contributed by atoms with Crippen LogP contribution in [0, 0.1) is 20.8 Å². The smallest absolute Gasteiger partial charge is 0.177 e. The van der Waals surface area contributed by atoms with Gasteiger partial charge in [-0.15, -0.1) is 11.8 Å². The first-order valence-electron chi connectivity index (χ1n) is 11.7. The lowest BCUT2D eigenvalue weighted by atomic mass is 10.1. The summed E-state index contributed by atoms with van der Waals surface area (Å²) in [7, 11) is -3.55. The zero-order valence-corrected chi connectivity index (χ0v) is 23.1. The molecule has 37 heavy (non-hydrogen) atoms. The minimum Gasteiger partial charge on any atom is -0.352 e. The van der Waals surface area contributed by atoms with Crippen LogP contribution >= 0.6 is 11.8 Å². The third-order valence-corrected chi connectivity index (χ3v) is 8.25. The van der Waals surface area contributed by atoms with E-state index >= 15 is 0 Å². The molecule has 192 valence electrons. The van der Waals surface area contributed by atoms with Crippen molar-refractivity contribution in [2.75, 3.05) is 22.6 Å². The number of aromatic nitrogens is 5. The first-order chi connectivity index (χ1) is 17.4. The van der Waals surface area contributed by atoms with E-state index in [1.807, 2.05) is 32.9 Å². The Morgan fingerprint density at radius 2 is 1.70 bits per heavy atom. The highest BCUT2D eigenvalue weighted by Gasteiger charge is 2.27. The summed E-state index contributed by atoms with van der Waals surface area (Å²) in [4.78, 5) is 26.1. The number of aryl methyl sites for hydroxylation is 3. The van der Waals surface area contributed by atoms with E-state index < -0.39 is 9.84 Å². The van der Waals surface area contributed by atoms with Crippen molar-refractivity contribution in [2.24, 2.45) is 4.99 Å². The first kappa shape index (κ1) is 25.2. The number of benzene rings is 1. The molecule has 0 fully saturated rings. The van der Waals surface area contributed by atoms with Gasteiger partial charge in [0, 0.05) is 35.4 Å². The van der Waals surface area contributed by atoms with Crippen LogP contribution in [0.4, 0.5) is 23.0 Å². The monoisotopic (exact) mass is 536 g/mol. The van der Waals surface area contributed by atoms with Gasteiger partial charge >= 0.3 is 0 Å². The van der Waals surface area contributed by atoms with E-state index in [9.17, 15) is 8.42 Å². The second-order valence-electron chi connectivity index (χ2n) is 9.77. The Morgan fingerprint density at radius 3 is 2.38 bits per heavy atom. The van der Waals surface area contributed by atoms with Crippen molar-refractivity contribution in [2.45, 2.75) is 45.1 Å². The SMILES string of the molecule is Cc1cc(Nc2cc(Nc3ccc(C4=NC(C)(C)CS4)cc3S(C)(=O)=O)c3nc(C)[nH]c3n2)nc(C)n1. The molecule has 0 spiro atoms. The van der Waals surface area contributed by atoms with Gasteiger partial charge in [-0.1, -0.05) is 6.07 Å². The van der Waals surface area contributed by atoms with Crippen LogP contribution in [0.15, 0.2) is 40.2 Å². The van der Waals surface area contributed by atoms with E-state index in [0.717, 1.165) is 22.1 Å². The third-order valence-electron chi connectivity index (χ3n) is 5.66. The molecule has 0 bridgehead atoms. The number of hydrogen-bond donors (Lipinski definition) is 3. The number of H-pyrrole nitrogens is 1. The Hall–Kier alpha value is -3.51. The Labute approximate surface area is 219 Å². The number of aromatic amines is 1. The van der Waals surface area contributed by atoms with Crippen molar-refractivity contribution in [1.29, 1.82) is 0 Å². The topological polar surface area (TPSA) is 138 Å². The minimum absolute atomic E-state index is 0.174. The number of imidazole rings is 1. The molecule has 0 saturated heterocycles. The van der Waals surface area contributed by atoms with E-state index in [1.54, 1.807) is 30.0 Å². The fourth-order valence-corrected chi connectivity index (χ4v) is 6.14. The van der Waals surface area contributed by atoms with Gasteiger partial charge in [0.25, 0.3) is 0 Å². The van der Waals surface area contributed by atoms with Crippen LogP contribution in [0.5, 0.6) is 0 Å². The largest absolute Gasteiger partial charge is 0.352 e. The summed E-state index contributed by atoms with van der Waals surface area (Å²) in [5, 5.41) is 7.37. The molecule has 1 aliphatic rings. The molecular formula is C25H28N8O2S2. The molecular weight excluding hydrogens is 508 g/mol. The number of hydrogen-bond acceptors (Lipinski definition) is 10. The number of pyridine rings is 1. The van der Waals surface area contributed by atoms with Crippen molar-refractivity contribution in [3.63, 3.8) is 0 Å². The lowest BCUT2D eigenvalue weighted by Crippen LogP contribution is -2.15. The second-order valence-corrected chi connectivity index (χ2v) is 12.7. The second kappa shape index (κ2) is 9.10. The maximum atomic E-state index is 12.8. The van der Waals surface area contributed by atoms with Gasteiger partial charge in [0.1, 0.15) is 28.8 Å². The normalized spacial score (nSPS) is 15.1. The summed E-state index contributed by atoms with van der Waals surface area (Å²) < 4.78 is 25.7. The number of rotatable bonds is 6. The predicted octanol–water partition coefficient (Wildman–Crippen LogP) is 4.84. The van der Waals surface area contributed by atoms with Crippen LogP contribution in [0.2, 0.25) is 0 Å². The Kier molecular flexibility index (Phi) is 6.19. The number of aliphatic imine (C=N–C) groups is 1. The zero-order valence-electron chi connectivity index (χ0n) is 21.5. The summed E-state index contributed by atoms with van der Waals surface area (Å²) >= 11 is 1.63. The molecule has 1 aromatic carbocycles. The highest BCUT2D eigenvalue weighted by molar-refractivity contribution is 8.14. The lowest BCUT2D eigenvalue weighted by Gasteiger charge is -2.14. The van der Waals surface area contributed by atoms with Gasteiger partial charge in [0.15, 0.2) is 15.5 Å². The minimum atomic E-state index is -3.55. The molecule has 10 nitrogen and oxygen atoms in total. The molecule has 0 aliphatic carbocycles. The number of nitrogens with one attached hydrogen (secondary N) is 3. The van der Waals surface area contributed by atoms with Gasteiger partial charge in [-0.2, -0.15) is 0 Å². The molecule has 12 heteroatoms. The van der Waals surface area contributed by atoms with E-state index in [0.29, 0.717) is 45.8 Å². The van der Waals surface area contributed by atoms with Crippen LogP contribution in [-0.2, 0) is 9.84 Å². The number of thioether (sulfide) groups is 1. The summed E-state index contributed by atoms with van der Waals surface area (Å²) in [5.41, 5.74) is 3.65. The molecule has 0 unspecified atom stereocenters. The van der Waals surface area contributed by atoms with Crippen molar-refractivity contribution in [3.05, 3.63) is 53.2 Å². The Morgan fingerprint density at radius 1 is 0.946 bits per heavy atom. The van der Waals surface area contributed by atoms with Crippen molar-refractivity contribution in [3.8, 4) is 0 Å². The van der Waals surface area contributed by atoms with Crippen LogP contribution < -0.4 is 10.6 Å². The van der Waals surface area contributed by atoms with E-state index in [4.69, 9.17) is 4.99 Å². The fourth-order valence-electron chi connectivity index (χ4n) is 4.12. The van der Waals surface area contributed by atoms with Crippen LogP contribution in [0.1, 0.15) is 36.8 Å². The maximum absolute atomic E-state index is 12.8. The molecule has 0 amide bonds. The number of sulfone groups is 1. The average molecular weight is 537 g/mol. The van der Waals surface area contributed by atoms with Crippen molar-refractivity contribution in [1.82, 2.24) is 24.9 Å². The van der Waals surface area contributed by atoms with Crippen molar-refractivity contribution < 1.29 is 8.42 Å². The zero-order chi connectivity index (χ0) is 26.5. The Balaban J connectivity index is 1.57. The lowest BCUT2D eigenvalue weighted by molar-refractivity contribution is 0.602. The van der Waals surface area contributed by atoms with E-state index in [-0.39, 0.29) is 10.4 Å². The first-order valence-corrected chi connectivity index (χ1v) is 14.5. The molecule has 0 saturated carbocycles. The van der Waals surface area contributed by atoms with Gasteiger partial charge in [0.05, 0.1) is 26.9 Å². The van der Waals surface area contributed by atoms with Crippen LogP contribution in [0.25, 0.3) is 11.2 Å². The van der Waals surface area contributed by atoms with Gasteiger partial charge in [-0.3, -0.25) is 4.99 Å². The van der Waals surface area contributed by atoms with Gasteiger partial charge < -0.3 is 15.6 Å². The quantitative estimate of drug-likeness (QED) is 0.316. The van der Waals surface area contributed by atoms with Crippen LogP contribution in [-0.4, -0.2) is 55.9 Å². The number of fused-ring (bicyclic) bond motifs is 1. The molecule has 1 aliphatic heterocycles. The highest BCUT2D eigenvalue weighted by atomic mass is 32.2. The third kappa shape index (κ3) is 5.44. The molecule has 4 heterocycles. The van der Waals surface area contributed by atoms with Gasteiger partial charge in [-0.05, 0) is 46.8 Å². The fraction of sp³-hybridized carbons (Fsp3) is 0.320. The predicted molar refractivity (Wildman–Crippen MR) is 149 cm³/mol.